The smallest absolute Gasteiger partial charge is 0.410 e. The van der Waals surface area contributed by atoms with Crippen LogP contribution in [0.2, 0.25) is 0 Å². The summed E-state index contributed by atoms with van der Waals surface area (Å²) in [7, 11) is 0. The van der Waals surface area contributed by atoms with Crippen molar-refractivity contribution in [3.8, 4) is 0 Å². The lowest BCUT2D eigenvalue weighted by atomic mass is 9.91. The molecule has 1 unspecified atom stereocenters. The maximum atomic E-state index is 12.3. The highest BCUT2D eigenvalue weighted by atomic mass is 16.6. The van der Waals surface area contributed by atoms with Gasteiger partial charge in [0, 0.05) is 71.2 Å². The number of piperidine rings is 1. The Balaban J connectivity index is 1.44. The fraction of sp³-hybridized carbons (Fsp3) is 0.895. The van der Waals surface area contributed by atoms with Gasteiger partial charge in [0.1, 0.15) is 11.7 Å². The Bertz CT molecular complexity index is 538. The van der Waals surface area contributed by atoms with Gasteiger partial charge in [0.25, 0.3) is 5.91 Å². The number of hydrogen-bond donors (Lipinski definition) is 1. The van der Waals surface area contributed by atoms with E-state index in [4.69, 9.17) is 4.74 Å². The van der Waals surface area contributed by atoms with Crippen LogP contribution in [0.4, 0.5) is 4.79 Å². The average Bonchev–Trinajstić information content (AvgIpc) is 2.95. The molecule has 8 nitrogen and oxygen atoms in total. The Hall–Kier alpha value is -1.38. The van der Waals surface area contributed by atoms with Crippen molar-refractivity contribution in [1.29, 1.82) is 0 Å². The summed E-state index contributed by atoms with van der Waals surface area (Å²) in [6, 6.07) is 0.590. The van der Waals surface area contributed by atoms with Gasteiger partial charge in [-0.15, -0.1) is 0 Å². The van der Waals surface area contributed by atoms with Crippen LogP contribution in [0, 0.1) is 0 Å². The normalized spacial score (nSPS) is 25.3. The summed E-state index contributed by atoms with van der Waals surface area (Å²) in [6.45, 7) is 13.4. The summed E-state index contributed by atoms with van der Waals surface area (Å²) < 4.78 is 5.74. The molecule has 1 spiro atoms. The lowest BCUT2D eigenvalue weighted by Crippen LogP contribution is -2.51. The molecule has 1 N–H and O–H groups in total. The summed E-state index contributed by atoms with van der Waals surface area (Å²) >= 11 is 0. The number of carbonyl (C=O) groups is 2. The third kappa shape index (κ3) is 4.73. The first kappa shape index (κ1) is 20.4. The highest BCUT2D eigenvalue weighted by molar-refractivity contribution is 5.80. The molecule has 3 fully saturated rings. The molecular formula is C19H34N4O4. The molecule has 0 radical (unpaired) electrons. The minimum Gasteiger partial charge on any atom is -0.441 e. The first-order chi connectivity index (χ1) is 12.8. The topological polar surface area (TPSA) is 76.6 Å². The Morgan fingerprint density at radius 3 is 2.26 bits per heavy atom. The van der Waals surface area contributed by atoms with Crippen molar-refractivity contribution in [2.45, 2.75) is 51.4 Å². The standard InChI is InChI=1S/C19H34N4O4/c1-15(2)21-11-8-20(9-12-21)10-13-23-14-19(27-18(23)26)4-6-22(7-5-19)17(25)16(3)24/h15-16,24H,4-14H2,1-3H3. The molecule has 0 aromatic heterocycles. The summed E-state index contributed by atoms with van der Waals surface area (Å²) in [5.74, 6) is -0.244. The lowest BCUT2D eigenvalue weighted by molar-refractivity contribution is -0.142. The zero-order valence-corrected chi connectivity index (χ0v) is 16.9. The van der Waals surface area contributed by atoms with Gasteiger partial charge in [-0.1, -0.05) is 0 Å². The van der Waals surface area contributed by atoms with Crippen LogP contribution in [-0.2, 0) is 9.53 Å². The lowest BCUT2D eigenvalue weighted by Gasteiger charge is -2.38. The monoisotopic (exact) mass is 382 g/mol. The fourth-order valence-corrected chi connectivity index (χ4v) is 4.29. The van der Waals surface area contributed by atoms with E-state index in [2.05, 4.69) is 23.6 Å². The second-order valence-electron chi connectivity index (χ2n) is 8.45. The zero-order chi connectivity index (χ0) is 19.6. The Kier molecular flexibility index (Phi) is 6.28. The van der Waals surface area contributed by atoms with Crippen LogP contribution in [0.5, 0.6) is 0 Å². The van der Waals surface area contributed by atoms with E-state index >= 15 is 0 Å². The average molecular weight is 383 g/mol. The molecule has 3 heterocycles. The number of likely N-dealkylation sites (tertiary alicyclic amines) is 1. The van der Waals surface area contributed by atoms with Crippen LogP contribution in [0.1, 0.15) is 33.6 Å². The maximum Gasteiger partial charge on any atom is 0.410 e. The number of carbonyl (C=O) groups excluding carboxylic acids is 2. The van der Waals surface area contributed by atoms with Gasteiger partial charge in [-0.3, -0.25) is 14.6 Å². The van der Waals surface area contributed by atoms with E-state index in [0.29, 0.717) is 45.1 Å². The van der Waals surface area contributed by atoms with Gasteiger partial charge in [-0.05, 0) is 20.8 Å². The van der Waals surface area contributed by atoms with E-state index in [-0.39, 0.29) is 12.0 Å². The van der Waals surface area contributed by atoms with Gasteiger partial charge in [0.05, 0.1) is 6.54 Å². The number of hydrogen-bond acceptors (Lipinski definition) is 6. The third-order valence-electron chi connectivity index (χ3n) is 6.21. The van der Waals surface area contributed by atoms with Crippen molar-refractivity contribution in [1.82, 2.24) is 19.6 Å². The molecule has 2 amide bonds. The predicted octanol–water partition coefficient (Wildman–Crippen LogP) is 0.207. The van der Waals surface area contributed by atoms with Crippen molar-refractivity contribution in [2.24, 2.45) is 0 Å². The largest absolute Gasteiger partial charge is 0.441 e. The molecule has 0 saturated carbocycles. The number of nitrogens with zero attached hydrogens (tertiary/aromatic N) is 4. The second kappa shape index (κ2) is 8.32. The van der Waals surface area contributed by atoms with Crippen LogP contribution in [0.3, 0.4) is 0 Å². The number of aliphatic hydroxyl groups is 1. The molecule has 0 bridgehead atoms. The highest BCUT2D eigenvalue weighted by Crippen LogP contribution is 2.33. The molecule has 0 aromatic carbocycles. The van der Waals surface area contributed by atoms with Crippen LogP contribution in [-0.4, -0.2) is 113 Å². The van der Waals surface area contributed by atoms with E-state index in [1.807, 2.05) is 4.90 Å². The Morgan fingerprint density at radius 1 is 1.07 bits per heavy atom. The summed E-state index contributed by atoms with van der Waals surface area (Å²) in [6.07, 6.45) is 0.0746. The van der Waals surface area contributed by atoms with E-state index in [1.54, 1.807) is 4.90 Å². The van der Waals surface area contributed by atoms with Crippen molar-refractivity contribution < 1.29 is 19.4 Å². The molecule has 0 aliphatic carbocycles. The summed E-state index contributed by atoms with van der Waals surface area (Å²) in [5, 5.41) is 9.46. The Labute approximate surface area is 162 Å². The molecule has 3 aliphatic rings. The predicted molar refractivity (Wildman–Crippen MR) is 101 cm³/mol. The van der Waals surface area contributed by atoms with Crippen molar-refractivity contribution in [3.05, 3.63) is 0 Å². The second-order valence-corrected chi connectivity index (χ2v) is 8.45. The third-order valence-corrected chi connectivity index (χ3v) is 6.21. The molecule has 3 rings (SSSR count). The minimum atomic E-state index is -0.974. The zero-order valence-electron chi connectivity index (χ0n) is 16.9. The quantitative estimate of drug-likeness (QED) is 0.732. The van der Waals surface area contributed by atoms with Gasteiger partial charge >= 0.3 is 6.09 Å². The molecule has 1 atom stereocenters. The molecular weight excluding hydrogens is 348 g/mol. The summed E-state index contributed by atoms with van der Waals surface area (Å²) in [4.78, 5) is 32.7. The van der Waals surface area contributed by atoms with Crippen LogP contribution < -0.4 is 0 Å². The van der Waals surface area contributed by atoms with Crippen molar-refractivity contribution >= 4 is 12.0 Å². The number of piperazine rings is 1. The van der Waals surface area contributed by atoms with Gasteiger partial charge in [-0.2, -0.15) is 0 Å². The van der Waals surface area contributed by atoms with Crippen LogP contribution in [0.15, 0.2) is 0 Å². The minimum absolute atomic E-state index is 0.230. The van der Waals surface area contributed by atoms with Gasteiger partial charge in [-0.25, -0.2) is 4.79 Å². The van der Waals surface area contributed by atoms with Gasteiger partial charge in [0.2, 0.25) is 0 Å². The highest BCUT2D eigenvalue weighted by Gasteiger charge is 2.47. The van der Waals surface area contributed by atoms with Crippen LogP contribution >= 0.6 is 0 Å². The number of amides is 2. The van der Waals surface area contributed by atoms with E-state index in [0.717, 1.165) is 32.7 Å². The first-order valence-electron chi connectivity index (χ1n) is 10.2. The Morgan fingerprint density at radius 2 is 1.70 bits per heavy atom. The summed E-state index contributed by atoms with van der Waals surface area (Å²) in [5.41, 5.74) is -0.469. The van der Waals surface area contributed by atoms with Crippen molar-refractivity contribution in [3.63, 3.8) is 0 Å². The molecule has 8 heteroatoms. The fourth-order valence-electron chi connectivity index (χ4n) is 4.29. The van der Waals surface area contributed by atoms with Crippen molar-refractivity contribution in [2.75, 3.05) is 58.9 Å². The maximum absolute atomic E-state index is 12.3. The number of aliphatic hydroxyl groups excluding tert-OH is 1. The van der Waals surface area contributed by atoms with E-state index < -0.39 is 11.7 Å². The van der Waals surface area contributed by atoms with Gasteiger partial charge in [0.15, 0.2) is 0 Å². The molecule has 3 saturated heterocycles. The van der Waals surface area contributed by atoms with E-state index in [1.165, 1.54) is 6.92 Å². The molecule has 3 aliphatic heterocycles. The number of ether oxygens (including phenoxy) is 1. The number of rotatable bonds is 5. The SMILES string of the molecule is CC(O)C(=O)N1CCC2(CC1)CN(CCN1CCN(C(C)C)CC1)C(=O)O2. The molecule has 27 heavy (non-hydrogen) atoms. The van der Waals surface area contributed by atoms with Gasteiger partial charge < -0.3 is 19.6 Å². The van der Waals surface area contributed by atoms with E-state index in [9.17, 15) is 14.7 Å². The van der Waals surface area contributed by atoms with Crippen LogP contribution in [0.25, 0.3) is 0 Å². The first-order valence-corrected chi connectivity index (χ1v) is 10.2. The molecule has 154 valence electrons. The molecule has 0 aromatic rings.